The van der Waals surface area contributed by atoms with Crippen molar-refractivity contribution in [2.45, 2.75) is 37.2 Å². The molecule has 1 saturated heterocycles. The number of hydrogen-bond donors (Lipinski definition) is 0. The standard InChI is InChI=1S/C16H23NO5S/c1-2-20-13-5-3-8-17(12-13)23(18,19)14-6-7-15-16(11-14)22-10-4-9-21-15/h6-7,11,13H,2-5,8-10,12H2,1H3/t13-/m0/s1. The minimum absolute atomic E-state index is 0.0241. The fourth-order valence-electron chi connectivity index (χ4n) is 2.95. The molecule has 3 rings (SSSR count). The fraction of sp³-hybridized carbons (Fsp3) is 0.625. The van der Waals surface area contributed by atoms with E-state index in [1.165, 1.54) is 4.31 Å². The van der Waals surface area contributed by atoms with E-state index in [1.807, 2.05) is 6.92 Å². The van der Waals surface area contributed by atoms with Gasteiger partial charge in [-0.15, -0.1) is 0 Å². The van der Waals surface area contributed by atoms with E-state index in [0.29, 0.717) is 44.4 Å². The molecule has 0 amide bonds. The third-order valence-electron chi connectivity index (χ3n) is 4.10. The van der Waals surface area contributed by atoms with E-state index < -0.39 is 10.0 Å². The average molecular weight is 341 g/mol. The molecule has 2 aliphatic rings. The number of nitrogens with zero attached hydrogens (tertiary/aromatic N) is 1. The molecule has 128 valence electrons. The lowest BCUT2D eigenvalue weighted by Gasteiger charge is -2.31. The highest BCUT2D eigenvalue weighted by Gasteiger charge is 2.31. The van der Waals surface area contributed by atoms with Gasteiger partial charge in [-0.3, -0.25) is 0 Å². The van der Waals surface area contributed by atoms with Crippen LogP contribution in [-0.2, 0) is 14.8 Å². The molecule has 0 bridgehead atoms. The summed E-state index contributed by atoms with van der Waals surface area (Å²) >= 11 is 0. The highest BCUT2D eigenvalue weighted by molar-refractivity contribution is 7.89. The zero-order valence-corrected chi connectivity index (χ0v) is 14.2. The van der Waals surface area contributed by atoms with E-state index in [9.17, 15) is 8.42 Å². The minimum atomic E-state index is -3.54. The first-order valence-corrected chi connectivity index (χ1v) is 9.56. The lowest BCUT2D eigenvalue weighted by molar-refractivity contribution is 0.0265. The quantitative estimate of drug-likeness (QED) is 0.838. The van der Waals surface area contributed by atoms with Gasteiger partial charge in [-0.1, -0.05) is 0 Å². The van der Waals surface area contributed by atoms with Crippen molar-refractivity contribution in [3.63, 3.8) is 0 Å². The van der Waals surface area contributed by atoms with Crippen molar-refractivity contribution in [2.75, 3.05) is 32.9 Å². The van der Waals surface area contributed by atoms with E-state index in [4.69, 9.17) is 14.2 Å². The van der Waals surface area contributed by atoms with E-state index in [1.54, 1.807) is 18.2 Å². The lowest BCUT2D eigenvalue weighted by atomic mass is 10.1. The zero-order chi connectivity index (χ0) is 16.3. The number of fused-ring (bicyclic) bond motifs is 1. The second-order valence-electron chi connectivity index (χ2n) is 5.74. The van der Waals surface area contributed by atoms with Crippen LogP contribution in [-0.4, -0.2) is 51.7 Å². The minimum Gasteiger partial charge on any atom is -0.490 e. The van der Waals surface area contributed by atoms with Gasteiger partial charge in [0.15, 0.2) is 11.5 Å². The number of hydrogen-bond acceptors (Lipinski definition) is 5. The van der Waals surface area contributed by atoms with Crippen LogP contribution < -0.4 is 9.47 Å². The monoisotopic (exact) mass is 341 g/mol. The number of benzene rings is 1. The molecule has 0 aliphatic carbocycles. The van der Waals surface area contributed by atoms with Crippen LogP contribution >= 0.6 is 0 Å². The molecule has 1 fully saturated rings. The van der Waals surface area contributed by atoms with Crippen LogP contribution in [0.4, 0.5) is 0 Å². The third kappa shape index (κ3) is 3.62. The van der Waals surface area contributed by atoms with Crippen molar-refractivity contribution < 1.29 is 22.6 Å². The lowest BCUT2D eigenvalue weighted by Crippen LogP contribution is -2.43. The molecule has 7 heteroatoms. The predicted molar refractivity (Wildman–Crippen MR) is 85.5 cm³/mol. The van der Waals surface area contributed by atoms with Crippen LogP contribution in [0.2, 0.25) is 0 Å². The number of rotatable bonds is 4. The summed E-state index contributed by atoms with van der Waals surface area (Å²) in [5, 5.41) is 0. The van der Waals surface area contributed by atoms with Crippen LogP contribution in [0.1, 0.15) is 26.2 Å². The third-order valence-corrected chi connectivity index (χ3v) is 5.96. The molecular weight excluding hydrogens is 318 g/mol. The molecule has 23 heavy (non-hydrogen) atoms. The van der Waals surface area contributed by atoms with Crippen molar-refractivity contribution in [3.05, 3.63) is 18.2 Å². The van der Waals surface area contributed by atoms with Crippen LogP contribution in [0, 0.1) is 0 Å². The Balaban J connectivity index is 1.83. The maximum absolute atomic E-state index is 12.9. The molecular formula is C16H23NO5S. The molecule has 0 N–H and O–H groups in total. The van der Waals surface area contributed by atoms with Crippen molar-refractivity contribution >= 4 is 10.0 Å². The molecule has 1 atom stereocenters. The van der Waals surface area contributed by atoms with Crippen LogP contribution in [0.5, 0.6) is 11.5 Å². The second kappa shape index (κ2) is 7.07. The van der Waals surface area contributed by atoms with E-state index in [2.05, 4.69) is 0 Å². The summed E-state index contributed by atoms with van der Waals surface area (Å²) in [7, 11) is -3.54. The Hall–Kier alpha value is -1.31. The number of piperidine rings is 1. The Bertz CT molecular complexity index is 644. The molecule has 0 spiro atoms. The summed E-state index contributed by atoms with van der Waals surface area (Å²) in [5.41, 5.74) is 0. The van der Waals surface area contributed by atoms with Crippen LogP contribution in [0.25, 0.3) is 0 Å². The first-order valence-electron chi connectivity index (χ1n) is 8.12. The van der Waals surface area contributed by atoms with Crippen LogP contribution in [0.15, 0.2) is 23.1 Å². The van der Waals surface area contributed by atoms with Gasteiger partial charge in [0, 0.05) is 32.2 Å². The summed E-state index contributed by atoms with van der Waals surface area (Å²) in [6, 6.07) is 4.84. The van der Waals surface area contributed by atoms with Gasteiger partial charge in [-0.05, 0) is 31.9 Å². The van der Waals surface area contributed by atoms with Gasteiger partial charge in [-0.25, -0.2) is 8.42 Å². The van der Waals surface area contributed by atoms with Gasteiger partial charge in [0.2, 0.25) is 10.0 Å². The Morgan fingerprint density at radius 3 is 2.78 bits per heavy atom. The fourth-order valence-corrected chi connectivity index (χ4v) is 4.47. The van der Waals surface area contributed by atoms with Crippen LogP contribution in [0.3, 0.4) is 0 Å². The van der Waals surface area contributed by atoms with Gasteiger partial charge in [0.25, 0.3) is 0 Å². The summed E-state index contributed by atoms with van der Waals surface area (Å²) in [5.74, 6) is 1.11. The highest BCUT2D eigenvalue weighted by atomic mass is 32.2. The second-order valence-corrected chi connectivity index (χ2v) is 7.68. The molecule has 1 aromatic carbocycles. The van der Waals surface area contributed by atoms with Crippen molar-refractivity contribution in [1.29, 1.82) is 0 Å². The molecule has 0 aromatic heterocycles. The molecule has 0 saturated carbocycles. The highest BCUT2D eigenvalue weighted by Crippen LogP contribution is 2.33. The molecule has 0 unspecified atom stereocenters. The van der Waals surface area contributed by atoms with Crippen molar-refractivity contribution in [2.24, 2.45) is 0 Å². The Morgan fingerprint density at radius 2 is 2.00 bits per heavy atom. The SMILES string of the molecule is CCO[C@H]1CCCN(S(=O)(=O)c2ccc3c(c2)OCCCO3)C1. The zero-order valence-electron chi connectivity index (χ0n) is 13.4. The van der Waals surface area contributed by atoms with E-state index in [0.717, 1.165) is 19.3 Å². The van der Waals surface area contributed by atoms with Gasteiger partial charge < -0.3 is 14.2 Å². The number of sulfonamides is 1. The Kier molecular flexibility index (Phi) is 5.08. The average Bonchev–Trinajstić information content (AvgIpc) is 2.80. The first-order chi connectivity index (χ1) is 11.1. The van der Waals surface area contributed by atoms with Gasteiger partial charge in [0.05, 0.1) is 24.2 Å². The maximum Gasteiger partial charge on any atom is 0.243 e. The first kappa shape index (κ1) is 16.5. The van der Waals surface area contributed by atoms with Gasteiger partial charge in [-0.2, -0.15) is 4.31 Å². The summed E-state index contributed by atoms with van der Waals surface area (Å²) in [4.78, 5) is 0.249. The summed E-state index contributed by atoms with van der Waals surface area (Å²) in [6.07, 6.45) is 2.48. The van der Waals surface area contributed by atoms with Gasteiger partial charge >= 0.3 is 0 Å². The largest absolute Gasteiger partial charge is 0.490 e. The molecule has 2 aliphatic heterocycles. The Labute approximate surface area is 137 Å². The predicted octanol–water partition coefficient (Wildman–Crippen LogP) is 2.04. The molecule has 2 heterocycles. The van der Waals surface area contributed by atoms with Crippen molar-refractivity contribution in [1.82, 2.24) is 4.31 Å². The van der Waals surface area contributed by atoms with Crippen molar-refractivity contribution in [3.8, 4) is 11.5 Å². The normalized spacial score (nSPS) is 22.6. The molecule has 0 radical (unpaired) electrons. The molecule has 1 aromatic rings. The summed E-state index contributed by atoms with van der Waals surface area (Å²) < 4.78 is 44.0. The van der Waals surface area contributed by atoms with E-state index in [-0.39, 0.29) is 11.0 Å². The molecule has 6 nitrogen and oxygen atoms in total. The topological polar surface area (TPSA) is 65.1 Å². The smallest absolute Gasteiger partial charge is 0.243 e. The van der Waals surface area contributed by atoms with Gasteiger partial charge in [0.1, 0.15) is 0 Å². The summed E-state index contributed by atoms with van der Waals surface area (Å²) in [6.45, 7) is 4.58. The van der Waals surface area contributed by atoms with E-state index >= 15 is 0 Å². The number of ether oxygens (including phenoxy) is 3. The maximum atomic E-state index is 12.9. The Morgan fingerprint density at radius 1 is 1.22 bits per heavy atom.